The fraction of sp³-hybridized carbons (Fsp3) is 0. The number of hydrogen-bond donors (Lipinski definition) is 1. The van der Waals surface area contributed by atoms with Gasteiger partial charge < -0.3 is 5.11 Å². The normalized spacial score (nSPS) is 10.3. The summed E-state index contributed by atoms with van der Waals surface area (Å²) in [7, 11) is 0. The van der Waals surface area contributed by atoms with Crippen LogP contribution in [0, 0.1) is 7.14 Å². The minimum absolute atomic E-state index is 0.369. The van der Waals surface area contributed by atoms with E-state index in [-0.39, 0.29) is 0 Å². The van der Waals surface area contributed by atoms with Crippen LogP contribution in [0.25, 0.3) is 11.1 Å². The average molecular weight is 422 g/mol. The van der Waals surface area contributed by atoms with E-state index in [1.807, 2.05) is 42.5 Å². The van der Waals surface area contributed by atoms with Crippen molar-refractivity contribution >= 4 is 45.2 Å². The fourth-order valence-corrected chi connectivity index (χ4v) is 2.30. The van der Waals surface area contributed by atoms with Gasteiger partial charge in [0.15, 0.2) is 0 Å². The zero-order valence-electron chi connectivity index (χ0n) is 7.74. The Morgan fingerprint density at radius 3 is 2.20 bits per heavy atom. The highest BCUT2D eigenvalue weighted by atomic mass is 127. The van der Waals surface area contributed by atoms with Crippen molar-refractivity contribution in [2.75, 3.05) is 0 Å². The number of aromatic hydroxyl groups is 1. The Balaban J connectivity index is 2.60. The van der Waals surface area contributed by atoms with Crippen molar-refractivity contribution in [2.45, 2.75) is 0 Å². The lowest BCUT2D eigenvalue weighted by atomic mass is 10.1. The van der Waals surface area contributed by atoms with E-state index in [9.17, 15) is 5.11 Å². The van der Waals surface area contributed by atoms with Crippen LogP contribution in [0.5, 0.6) is 5.75 Å². The Kier molecular flexibility index (Phi) is 3.50. The summed E-state index contributed by atoms with van der Waals surface area (Å²) in [5.41, 5.74) is 1.93. The first-order valence-electron chi connectivity index (χ1n) is 4.42. The molecule has 2 aromatic carbocycles. The monoisotopic (exact) mass is 422 g/mol. The number of hydrogen-bond acceptors (Lipinski definition) is 1. The average Bonchev–Trinajstić information content (AvgIpc) is 2.27. The molecule has 0 amide bonds. The first-order chi connectivity index (χ1) is 7.20. The molecule has 2 aromatic rings. The summed E-state index contributed by atoms with van der Waals surface area (Å²) >= 11 is 4.38. The van der Waals surface area contributed by atoms with Gasteiger partial charge >= 0.3 is 0 Å². The smallest absolute Gasteiger partial charge is 0.137 e. The molecule has 0 aromatic heterocycles. The summed E-state index contributed by atoms with van der Waals surface area (Å²) in [6, 6.07) is 13.9. The van der Waals surface area contributed by atoms with Gasteiger partial charge in [-0.15, -0.1) is 0 Å². The predicted octanol–water partition coefficient (Wildman–Crippen LogP) is 4.27. The molecular formula is C12H8I2O. The summed E-state index contributed by atoms with van der Waals surface area (Å²) in [5, 5.41) is 10.0. The lowest BCUT2D eigenvalue weighted by Crippen LogP contribution is -1.85. The topological polar surface area (TPSA) is 20.2 Å². The van der Waals surface area contributed by atoms with Gasteiger partial charge in [-0.05, 0) is 62.9 Å². The van der Waals surface area contributed by atoms with E-state index >= 15 is 0 Å². The molecule has 3 heteroatoms. The Labute approximate surface area is 116 Å². The van der Waals surface area contributed by atoms with Gasteiger partial charge in [0.1, 0.15) is 5.75 Å². The molecule has 0 aliphatic rings. The van der Waals surface area contributed by atoms with Crippen LogP contribution in [0.4, 0.5) is 0 Å². The molecule has 0 aliphatic heterocycles. The lowest BCUT2D eigenvalue weighted by molar-refractivity contribution is 0.473. The van der Waals surface area contributed by atoms with Crippen molar-refractivity contribution in [1.82, 2.24) is 0 Å². The molecule has 76 valence electrons. The maximum Gasteiger partial charge on any atom is 0.137 e. The molecule has 0 atom stereocenters. The SMILES string of the molecule is Oc1c(-c2ccccc2)ccc(I)c1I. The summed E-state index contributed by atoms with van der Waals surface area (Å²) in [6.07, 6.45) is 0. The number of phenols is 1. The van der Waals surface area contributed by atoms with Crippen LogP contribution in [0.1, 0.15) is 0 Å². The molecule has 0 unspecified atom stereocenters. The number of halogens is 2. The molecule has 0 spiro atoms. The second-order valence-corrected chi connectivity index (χ2v) is 5.36. The number of rotatable bonds is 1. The third-order valence-corrected chi connectivity index (χ3v) is 5.18. The van der Waals surface area contributed by atoms with Crippen molar-refractivity contribution in [1.29, 1.82) is 0 Å². The quantitative estimate of drug-likeness (QED) is 0.682. The van der Waals surface area contributed by atoms with Gasteiger partial charge in [-0.25, -0.2) is 0 Å². The minimum atomic E-state index is 0.369. The second-order valence-electron chi connectivity index (χ2n) is 3.12. The Morgan fingerprint density at radius 1 is 0.867 bits per heavy atom. The maximum absolute atomic E-state index is 10.0. The van der Waals surface area contributed by atoms with E-state index < -0.39 is 0 Å². The van der Waals surface area contributed by atoms with E-state index in [2.05, 4.69) is 45.2 Å². The Morgan fingerprint density at radius 2 is 1.53 bits per heavy atom. The van der Waals surface area contributed by atoms with Crippen molar-refractivity contribution in [2.24, 2.45) is 0 Å². The molecule has 0 bridgehead atoms. The predicted molar refractivity (Wildman–Crippen MR) is 79.0 cm³/mol. The third kappa shape index (κ3) is 2.28. The van der Waals surface area contributed by atoms with E-state index in [1.165, 1.54) is 0 Å². The van der Waals surface area contributed by atoms with Crippen LogP contribution in [0.2, 0.25) is 0 Å². The molecule has 0 saturated carbocycles. The summed E-state index contributed by atoms with van der Waals surface area (Å²) in [5.74, 6) is 0.369. The van der Waals surface area contributed by atoms with Crippen molar-refractivity contribution in [3.05, 3.63) is 49.6 Å². The van der Waals surface area contributed by atoms with Crippen LogP contribution in [-0.4, -0.2) is 5.11 Å². The van der Waals surface area contributed by atoms with Crippen LogP contribution < -0.4 is 0 Å². The summed E-state index contributed by atoms with van der Waals surface area (Å²) in [6.45, 7) is 0. The molecule has 1 nitrogen and oxygen atoms in total. The molecule has 0 aliphatic carbocycles. The van der Waals surface area contributed by atoms with E-state index in [0.717, 1.165) is 18.3 Å². The molecule has 0 radical (unpaired) electrons. The van der Waals surface area contributed by atoms with Crippen LogP contribution in [-0.2, 0) is 0 Å². The lowest BCUT2D eigenvalue weighted by Gasteiger charge is -2.07. The van der Waals surface area contributed by atoms with E-state index in [4.69, 9.17) is 0 Å². The first kappa shape index (κ1) is 11.2. The zero-order chi connectivity index (χ0) is 10.8. The standard InChI is InChI=1S/C12H8I2O/c13-10-7-6-9(12(15)11(10)14)8-4-2-1-3-5-8/h1-7,15H. The molecule has 15 heavy (non-hydrogen) atoms. The van der Waals surface area contributed by atoms with Gasteiger partial charge in [0, 0.05) is 9.13 Å². The molecule has 1 N–H and O–H groups in total. The second kappa shape index (κ2) is 4.69. The van der Waals surface area contributed by atoms with Gasteiger partial charge in [0.2, 0.25) is 0 Å². The molecule has 0 saturated heterocycles. The molecule has 0 heterocycles. The van der Waals surface area contributed by atoms with Gasteiger partial charge in [-0.2, -0.15) is 0 Å². The first-order valence-corrected chi connectivity index (χ1v) is 6.58. The highest BCUT2D eigenvalue weighted by Gasteiger charge is 2.09. The highest BCUT2D eigenvalue weighted by molar-refractivity contribution is 14.1. The van der Waals surface area contributed by atoms with Crippen molar-refractivity contribution in [3.8, 4) is 16.9 Å². The van der Waals surface area contributed by atoms with Crippen LogP contribution in [0.15, 0.2) is 42.5 Å². The number of phenolic OH excluding ortho intramolecular Hbond substituents is 1. The summed E-state index contributed by atoms with van der Waals surface area (Å²) < 4.78 is 1.99. The largest absolute Gasteiger partial charge is 0.506 e. The Bertz CT molecular complexity index is 480. The van der Waals surface area contributed by atoms with Crippen molar-refractivity contribution in [3.63, 3.8) is 0 Å². The van der Waals surface area contributed by atoms with Gasteiger partial charge in [-0.1, -0.05) is 30.3 Å². The van der Waals surface area contributed by atoms with Crippen LogP contribution >= 0.6 is 45.2 Å². The Hall–Kier alpha value is -0.300. The maximum atomic E-state index is 10.0. The molecular weight excluding hydrogens is 414 g/mol. The fourth-order valence-electron chi connectivity index (χ4n) is 1.39. The van der Waals surface area contributed by atoms with Gasteiger partial charge in [0.05, 0.1) is 3.57 Å². The minimum Gasteiger partial charge on any atom is -0.506 e. The van der Waals surface area contributed by atoms with Gasteiger partial charge in [0.25, 0.3) is 0 Å². The third-order valence-electron chi connectivity index (χ3n) is 2.15. The number of benzene rings is 2. The summed E-state index contributed by atoms with van der Waals surface area (Å²) in [4.78, 5) is 0. The highest BCUT2D eigenvalue weighted by Crippen LogP contribution is 2.35. The van der Waals surface area contributed by atoms with E-state index in [1.54, 1.807) is 0 Å². The zero-order valence-corrected chi connectivity index (χ0v) is 12.1. The van der Waals surface area contributed by atoms with Crippen LogP contribution in [0.3, 0.4) is 0 Å². The molecule has 2 rings (SSSR count). The van der Waals surface area contributed by atoms with Gasteiger partial charge in [-0.3, -0.25) is 0 Å². The molecule has 0 fully saturated rings. The van der Waals surface area contributed by atoms with E-state index in [0.29, 0.717) is 5.75 Å². The van der Waals surface area contributed by atoms with Crippen molar-refractivity contribution < 1.29 is 5.11 Å².